The molecule has 3 heterocycles. The van der Waals surface area contributed by atoms with Crippen molar-refractivity contribution in [1.29, 1.82) is 0 Å². The van der Waals surface area contributed by atoms with Crippen LogP contribution in [0.15, 0.2) is 41.0 Å². The highest BCUT2D eigenvalue weighted by atomic mass is 79.9. The minimum Gasteiger partial charge on any atom is -0.497 e. The molecule has 2 N–H and O–H groups in total. The van der Waals surface area contributed by atoms with E-state index in [2.05, 4.69) is 31.0 Å². The first kappa shape index (κ1) is 30.6. The van der Waals surface area contributed by atoms with Crippen LogP contribution in [-0.4, -0.2) is 91.2 Å². The lowest BCUT2D eigenvalue weighted by molar-refractivity contribution is -0.131. The Morgan fingerprint density at radius 2 is 2.00 bits per heavy atom. The molecule has 12 nitrogen and oxygen atoms in total. The zero-order valence-corrected chi connectivity index (χ0v) is 27.0. The summed E-state index contributed by atoms with van der Waals surface area (Å²) in [4.78, 5) is 48.6. The number of aromatic nitrogens is 1. The van der Waals surface area contributed by atoms with Gasteiger partial charge in [0.05, 0.1) is 18.9 Å². The third-order valence-electron chi connectivity index (χ3n) is 8.87. The van der Waals surface area contributed by atoms with E-state index in [0.29, 0.717) is 31.0 Å². The number of allylic oxidation sites excluding steroid dienone is 1. The van der Waals surface area contributed by atoms with Gasteiger partial charge in [0, 0.05) is 47.4 Å². The number of hydrogen-bond acceptors (Lipinski definition) is 8. The molecule has 1 aromatic heterocycles. The molecule has 236 valence electrons. The fourth-order valence-electron chi connectivity index (χ4n) is 6.04. The molecule has 6 rings (SSSR count). The summed E-state index contributed by atoms with van der Waals surface area (Å²) in [5, 5.41) is 3.87. The number of nitrogens with one attached hydrogen (secondary N) is 2. The van der Waals surface area contributed by atoms with E-state index in [9.17, 15) is 22.8 Å². The predicted molar refractivity (Wildman–Crippen MR) is 166 cm³/mol. The van der Waals surface area contributed by atoms with Gasteiger partial charge in [0.25, 0.3) is 5.91 Å². The summed E-state index contributed by atoms with van der Waals surface area (Å²) in [5.41, 5.74) is -1.40. The number of carbonyl (C=O) groups excluding carboxylic acids is 3. The van der Waals surface area contributed by atoms with Crippen molar-refractivity contribution in [3.63, 3.8) is 0 Å². The minimum absolute atomic E-state index is 0.134. The molecule has 2 aliphatic carbocycles. The van der Waals surface area contributed by atoms with Crippen molar-refractivity contribution in [2.45, 2.75) is 67.9 Å². The fourth-order valence-corrected chi connectivity index (χ4v) is 7.83. The van der Waals surface area contributed by atoms with E-state index >= 15 is 0 Å². The highest BCUT2D eigenvalue weighted by Crippen LogP contribution is 2.46. The molecule has 0 spiro atoms. The van der Waals surface area contributed by atoms with Crippen LogP contribution in [0.2, 0.25) is 0 Å². The average molecular weight is 691 g/mol. The first-order valence-electron chi connectivity index (χ1n) is 14.9. The van der Waals surface area contributed by atoms with Gasteiger partial charge >= 0.3 is 6.03 Å². The van der Waals surface area contributed by atoms with Crippen LogP contribution in [0.4, 0.5) is 4.79 Å². The second-order valence-electron chi connectivity index (χ2n) is 12.0. The first-order valence-corrected chi connectivity index (χ1v) is 17.2. The average Bonchev–Trinajstić information content (AvgIpc) is 3.92. The topological polar surface area (TPSA) is 147 Å². The maximum atomic E-state index is 13.9. The number of fused-ring (bicyclic) bond motifs is 3. The smallest absolute Gasteiger partial charge is 0.320 e. The molecule has 1 aromatic carbocycles. The van der Waals surface area contributed by atoms with Crippen LogP contribution in [0.3, 0.4) is 0 Å². The Hall–Kier alpha value is -3.39. The van der Waals surface area contributed by atoms with Crippen LogP contribution in [0.25, 0.3) is 10.8 Å². The zero-order chi connectivity index (χ0) is 31.2. The second-order valence-corrected chi connectivity index (χ2v) is 14.9. The van der Waals surface area contributed by atoms with Crippen molar-refractivity contribution in [2.24, 2.45) is 5.92 Å². The summed E-state index contributed by atoms with van der Waals surface area (Å²) in [5.74, 6) is -0.575. The van der Waals surface area contributed by atoms with Crippen LogP contribution in [0.5, 0.6) is 11.6 Å². The number of urea groups is 1. The maximum absolute atomic E-state index is 13.9. The molecule has 3 fully saturated rings. The lowest BCUT2D eigenvalue weighted by Gasteiger charge is -2.30. The minimum atomic E-state index is -3.81. The molecule has 4 amide bonds. The van der Waals surface area contributed by atoms with Crippen molar-refractivity contribution in [3.8, 4) is 11.6 Å². The van der Waals surface area contributed by atoms with Gasteiger partial charge in [0.15, 0.2) is 0 Å². The molecule has 4 atom stereocenters. The van der Waals surface area contributed by atoms with Crippen molar-refractivity contribution >= 4 is 54.6 Å². The SMILES string of the molecule is COc1ccc2c(OC3CC4C(=O)NC5(C(=O)NS(=O)(=O)C6CC6)CC5C=CCCCCN(C)C(=O)N4C3)ncc(Br)c2c1. The van der Waals surface area contributed by atoms with E-state index in [0.717, 1.165) is 34.5 Å². The molecule has 1 saturated heterocycles. The molecule has 4 aliphatic rings. The number of sulfonamides is 1. The summed E-state index contributed by atoms with van der Waals surface area (Å²) in [6, 6.07) is 4.27. The number of methoxy groups -OCH3 is 1. The number of benzene rings is 1. The lowest BCUT2D eigenvalue weighted by atomic mass is 10.1. The third kappa shape index (κ3) is 5.97. The van der Waals surface area contributed by atoms with Gasteiger partial charge in [-0.2, -0.15) is 0 Å². The first-order chi connectivity index (χ1) is 21.0. The molecule has 14 heteroatoms. The Morgan fingerprint density at radius 1 is 1.20 bits per heavy atom. The van der Waals surface area contributed by atoms with E-state index in [-0.39, 0.29) is 31.3 Å². The van der Waals surface area contributed by atoms with E-state index in [1.165, 1.54) is 4.90 Å². The van der Waals surface area contributed by atoms with Gasteiger partial charge in [-0.25, -0.2) is 18.2 Å². The van der Waals surface area contributed by atoms with Crippen LogP contribution in [0.1, 0.15) is 44.9 Å². The standard InChI is InChI=1S/C30H36BrN5O7S/c1-35-12-6-4-3-5-7-18-15-30(18,28(38)34-44(40,41)21-9-10-21)33-26(37)25-14-20(17-36(25)29(35)39)43-27-22-11-8-19(42-2)13-23(22)24(31)16-32-27/h5,7-8,11,13,16,18,20-21,25H,3-4,6,9-10,12,14-15,17H2,1-2H3,(H,33,37)(H,34,38). The Morgan fingerprint density at radius 3 is 2.75 bits per heavy atom. The Bertz CT molecular complexity index is 1630. The molecule has 2 aromatic rings. The van der Waals surface area contributed by atoms with E-state index in [4.69, 9.17) is 9.47 Å². The molecule has 0 radical (unpaired) electrons. The highest BCUT2D eigenvalue weighted by molar-refractivity contribution is 9.10. The van der Waals surface area contributed by atoms with Crippen molar-refractivity contribution in [1.82, 2.24) is 24.8 Å². The largest absolute Gasteiger partial charge is 0.497 e. The summed E-state index contributed by atoms with van der Waals surface area (Å²) in [6.45, 7) is 0.661. The van der Waals surface area contributed by atoms with Crippen LogP contribution < -0.4 is 19.5 Å². The van der Waals surface area contributed by atoms with Crippen LogP contribution in [-0.2, 0) is 19.6 Å². The van der Waals surface area contributed by atoms with Crippen LogP contribution >= 0.6 is 15.9 Å². The molecular weight excluding hydrogens is 654 g/mol. The number of hydrogen-bond donors (Lipinski definition) is 2. The predicted octanol–water partition coefficient (Wildman–Crippen LogP) is 3.10. The summed E-state index contributed by atoms with van der Waals surface area (Å²) in [6.07, 6.45) is 8.74. The van der Waals surface area contributed by atoms with Gasteiger partial charge in [-0.1, -0.05) is 12.2 Å². The number of ether oxygens (including phenoxy) is 2. The number of carbonyl (C=O) groups is 3. The zero-order valence-electron chi connectivity index (χ0n) is 24.6. The number of amides is 4. The molecule has 44 heavy (non-hydrogen) atoms. The van der Waals surface area contributed by atoms with Crippen molar-refractivity contribution < 1.29 is 32.3 Å². The maximum Gasteiger partial charge on any atom is 0.320 e. The summed E-state index contributed by atoms with van der Waals surface area (Å²) < 4.78 is 39.9. The summed E-state index contributed by atoms with van der Waals surface area (Å²) in [7, 11) is -0.517. The molecule has 2 saturated carbocycles. The number of pyridine rings is 1. The van der Waals surface area contributed by atoms with E-state index < -0.39 is 44.8 Å². The number of rotatable bonds is 6. The highest BCUT2D eigenvalue weighted by Gasteiger charge is 2.62. The second kappa shape index (κ2) is 11.8. The van der Waals surface area contributed by atoms with Gasteiger partial charge in [-0.05, 0) is 72.7 Å². The van der Waals surface area contributed by atoms with Gasteiger partial charge in [0.2, 0.25) is 21.8 Å². The van der Waals surface area contributed by atoms with Gasteiger partial charge in [-0.15, -0.1) is 0 Å². The van der Waals surface area contributed by atoms with Crippen molar-refractivity contribution in [2.75, 3.05) is 27.2 Å². The van der Waals surface area contributed by atoms with Gasteiger partial charge in [0.1, 0.15) is 23.4 Å². The van der Waals surface area contributed by atoms with Crippen LogP contribution in [0, 0.1) is 5.92 Å². The number of nitrogens with zero attached hydrogens (tertiary/aromatic N) is 3. The molecule has 0 bridgehead atoms. The molecular formula is C30H36BrN5O7S. The lowest BCUT2D eigenvalue weighted by Crippen LogP contribution is -2.57. The van der Waals surface area contributed by atoms with E-state index in [1.807, 2.05) is 24.3 Å². The normalized spacial score (nSPS) is 27.7. The number of halogens is 1. The molecule has 4 unspecified atom stereocenters. The Kier molecular flexibility index (Phi) is 8.24. The quantitative estimate of drug-likeness (QED) is 0.440. The monoisotopic (exact) mass is 689 g/mol. The van der Waals surface area contributed by atoms with E-state index in [1.54, 1.807) is 31.3 Å². The third-order valence-corrected chi connectivity index (χ3v) is 11.3. The molecule has 2 aliphatic heterocycles. The fraction of sp³-hybridized carbons (Fsp3) is 0.533. The Labute approximate surface area is 264 Å². The Balaban J connectivity index is 1.27. The summed E-state index contributed by atoms with van der Waals surface area (Å²) >= 11 is 3.53. The van der Waals surface area contributed by atoms with Gasteiger partial charge in [-0.3, -0.25) is 14.3 Å². The van der Waals surface area contributed by atoms with Crippen molar-refractivity contribution in [3.05, 3.63) is 41.0 Å². The van der Waals surface area contributed by atoms with Gasteiger partial charge < -0.3 is 24.6 Å².